The van der Waals surface area contributed by atoms with Gasteiger partial charge in [0.15, 0.2) is 0 Å². The first-order valence-electron chi connectivity index (χ1n) is 10.3. The summed E-state index contributed by atoms with van der Waals surface area (Å²) in [5.74, 6) is -0.891. The number of fused-ring (bicyclic) bond motifs is 1. The third-order valence-electron chi connectivity index (χ3n) is 4.77. The van der Waals surface area contributed by atoms with Gasteiger partial charge < -0.3 is 14.8 Å². The normalized spacial score (nSPS) is 16.2. The van der Waals surface area contributed by atoms with Crippen molar-refractivity contribution in [2.75, 3.05) is 11.4 Å². The van der Waals surface area contributed by atoms with Crippen LogP contribution in [0.25, 0.3) is 0 Å². The van der Waals surface area contributed by atoms with E-state index in [1.807, 2.05) is 48.5 Å². The lowest BCUT2D eigenvalue weighted by molar-refractivity contribution is -0.144. The number of hydrogen-bond donors (Lipinski definition) is 1. The van der Waals surface area contributed by atoms with Crippen LogP contribution in [0.15, 0.2) is 54.6 Å². The summed E-state index contributed by atoms with van der Waals surface area (Å²) in [5.41, 5.74) is 1.77. The number of para-hydroxylation sites is 1. The van der Waals surface area contributed by atoms with Crippen LogP contribution in [-0.2, 0) is 32.1 Å². The monoisotopic (exact) mass is 424 g/mol. The van der Waals surface area contributed by atoms with Crippen molar-refractivity contribution in [1.82, 2.24) is 5.32 Å². The number of nitrogens with zero attached hydrogens (tertiary/aromatic N) is 1. The first-order valence-corrected chi connectivity index (χ1v) is 10.3. The van der Waals surface area contributed by atoms with E-state index in [4.69, 9.17) is 9.47 Å². The summed E-state index contributed by atoms with van der Waals surface area (Å²) in [6, 6.07) is 16.0. The molecule has 0 bridgehead atoms. The number of rotatable bonds is 5. The molecule has 2 aromatic carbocycles. The number of aryl methyl sites for hydroxylation is 1. The quantitative estimate of drug-likeness (QED) is 0.742. The molecule has 0 radical (unpaired) electrons. The summed E-state index contributed by atoms with van der Waals surface area (Å²) in [7, 11) is 0. The minimum atomic E-state index is -0.802. The lowest BCUT2D eigenvalue weighted by Crippen LogP contribution is -2.50. The Morgan fingerprint density at radius 1 is 1.06 bits per heavy atom. The van der Waals surface area contributed by atoms with E-state index in [0.29, 0.717) is 18.5 Å². The van der Waals surface area contributed by atoms with Crippen molar-refractivity contribution >= 4 is 23.7 Å². The summed E-state index contributed by atoms with van der Waals surface area (Å²) < 4.78 is 10.7. The fourth-order valence-corrected chi connectivity index (χ4v) is 3.38. The maximum atomic E-state index is 13.3. The molecule has 0 aromatic heterocycles. The molecule has 7 heteroatoms. The van der Waals surface area contributed by atoms with Gasteiger partial charge in [-0.05, 0) is 50.8 Å². The lowest BCUT2D eigenvalue weighted by Gasteiger charge is -2.26. The molecule has 0 saturated carbocycles. The van der Waals surface area contributed by atoms with Crippen LogP contribution in [-0.4, -0.2) is 36.2 Å². The van der Waals surface area contributed by atoms with Crippen molar-refractivity contribution < 1.29 is 23.9 Å². The van der Waals surface area contributed by atoms with Crippen molar-refractivity contribution in [2.45, 2.75) is 51.9 Å². The Morgan fingerprint density at radius 2 is 1.74 bits per heavy atom. The minimum absolute atomic E-state index is 0.128. The van der Waals surface area contributed by atoms with Crippen LogP contribution >= 0.6 is 0 Å². The van der Waals surface area contributed by atoms with Crippen LogP contribution < -0.4 is 10.2 Å². The second kappa shape index (κ2) is 9.64. The maximum absolute atomic E-state index is 13.3. The fourth-order valence-electron chi connectivity index (χ4n) is 3.38. The molecule has 2 aromatic rings. The fraction of sp³-hybridized carbons (Fsp3) is 0.375. The van der Waals surface area contributed by atoms with Gasteiger partial charge in [0.05, 0.1) is 0 Å². The summed E-state index contributed by atoms with van der Waals surface area (Å²) in [5, 5.41) is 2.66. The van der Waals surface area contributed by atoms with E-state index in [2.05, 4.69) is 5.32 Å². The molecule has 0 spiro atoms. The Bertz CT molecular complexity index is 936. The van der Waals surface area contributed by atoms with Gasteiger partial charge in [-0.3, -0.25) is 14.5 Å². The van der Waals surface area contributed by atoms with Gasteiger partial charge in [-0.1, -0.05) is 48.5 Å². The zero-order valence-electron chi connectivity index (χ0n) is 18.1. The first kappa shape index (κ1) is 22.3. The molecule has 1 N–H and O–H groups in total. The summed E-state index contributed by atoms with van der Waals surface area (Å²) >= 11 is 0. The molecule has 0 unspecified atom stereocenters. The highest BCUT2D eigenvalue weighted by molar-refractivity contribution is 6.03. The van der Waals surface area contributed by atoms with Crippen LogP contribution in [0, 0.1) is 0 Å². The van der Waals surface area contributed by atoms with Crippen molar-refractivity contribution in [2.24, 2.45) is 0 Å². The van der Waals surface area contributed by atoms with E-state index in [0.717, 1.165) is 11.1 Å². The number of alkyl carbamates (subject to hydrolysis) is 1. The number of esters is 1. The Hall–Kier alpha value is -3.35. The third-order valence-corrected chi connectivity index (χ3v) is 4.77. The molecule has 31 heavy (non-hydrogen) atoms. The Labute approximate surface area is 182 Å². The molecule has 0 aliphatic carbocycles. The molecular weight excluding hydrogens is 396 g/mol. The predicted molar refractivity (Wildman–Crippen MR) is 117 cm³/mol. The highest BCUT2D eigenvalue weighted by Gasteiger charge is 2.33. The van der Waals surface area contributed by atoms with Crippen LogP contribution in [0.4, 0.5) is 10.5 Å². The smallest absolute Gasteiger partial charge is 0.408 e. The summed E-state index contributed by atoms with van der Waals surface area (Å²) in [6.07, 6.45) is 0.325. The van der Waals surface area contributed by atoms with E-state index in [1.165, 1.54) is 4.90 Å². The molecule has 3 rings (SSSR count). The second-order valence-electron chi connectivity index (χ2n) is 8.44. The summed E-state index contributed by atoms with van der Waals surface area (Å²) in [4.78, 5) is 39.4. The predicted octanol–water partition coefficient (Wildman–Crippen LogP) is 3.60. The van der Waals surface area contributed by atoms with Gasteiger partial charge in [0, 0.05) is 5.69 Å². The van der Waals surface area contributed by atoms with E-state index >= 15 is 0 Å². The number of amides is 2. The van der Waals surface area contributed by atoms with Gasteiger partial charge >= 0.3 is 12.1 Å². The molecule has 7 nitrogen and oxygen atoms in total. The van der Waals surface area contributed by atoms with Crippen molar-refractivity contribution in [3.05, 3.63) is 65.7 Å². The molecule has 1 aliphatic heterocycles. The molecule has 1 aliphatic rings. The number of nitrogens with one attached hydrogen (secondary N) is 1. The van der Waals surface area contributed by atoms with Crippen LogP contribution in [0.5, 0.6) is 0 Å². The highest BCUT2D eigenvalue weighted by Crippen LogP contribution is 2.27. The Morgan fingerprint density at radius 3 is 2.45 bits per heavy atom. The number of benzene rings is 2. The molecule has 1 heterocycles. The van der Waals surface area contributed by atoms with Gasteiger partial charge in [0.2, 0.25) is 5.91 Å². The van der Waals surface area contributed by atoms with Gasteiger partial charge in [-0.25, -0.2) is 4.79 Å². The molecule has 1 atom stereocenters. The largest absolute Gasteiger partial charge is 0.459 e. The average molecular weight is 424 g/mol. The lowest BCUT2D eigenvalue weighted by atomic mass is 10.1. The second-order valence-corrected chi connectivity index (χ2v) is 8.44. The Kier molecular flexibility index (Phi) is 6.95. The van der Waals surface area contributed by atoms with Gasteiger partial charge in [0.1, 0.15) is 24.8 Å². The average Bonchev–Trinajstić information content (AvgIpc) is 2.84. The van der Waals surface area contributed by atoms with Crippen molar-refractivity contribution in [3.63, 3.8) is 0 Å². The minimum Gasteiger partial charge on any atom is -0.459 e. The zero-order valence-corrected chi connectivity index (χ0v) is 18.1. The van der Waals surface area contributed by atoms with Crippen LogP contribution in [0.3, 0.4) is 0 Å². The van der Waals surface area contributed by atoms with Gasteiger partial charge in [-0.2, -0.15) is 0 Å². The number of carbonyl (C=O) groups excluding carboxylic acids is 3. The van der Waals surface area contributed by atoms with Gasteiger partial charge in [-0.15, -0.1) is 0 Å². The van der Waals surface area contributed by atoms with Crippen LogP contribution in [0.1, 0.15) is 38.3 Å². The maximum Gasteiger partial charge on any atom is 0.408 e. The number of carbonyl (C=O) groups is 3. The van der Waals surface area contributed by atoms with Crippen molar-refractivity contribution in [1.29, 1.82) is 0 Å². The standard InChI is InChI=1S/C24H28N2O5/c1-24(2,3)31-23(29)25-19-14-13-18-11-7-8-12-20(18)26(22(19)28)15-21(27)30-16-17-9-5-4-6-10-17/h4-12,19H,13-16H2,1-3H3,(H,25,29)/t19-/m0/s1. The Balaban J connectivity index is 1.73. The highest BCUT2D eigenvalue weighted by atomic mass is 16.6. The molecule has 164 valence electrons. The van der Waals surface area contributed by atoms with E-state index in [9.17, 15) is 14.4 Å². The summed E-state index contributed by atoms with van der Waals surface area (Å²) in [6.45, 7) is 5.16. The number of ether oxygens (including phenoxy) is 2. The van der Waals surface area contributed by atoms with Gasteiger partial charge in [0.25, 0.3) is 0 Å². The molecule has 2 amide bonds. The third kappa shape index (κ3) is 6.31. The van der Waals surface area contributed by atoms with E-state index < -0.39 is 23.7 Å². The molecular formula is C24H28N2O5. The SMILES string of the molecule is CC(C)(C)OC(=O)N[C@H]1CCc2ccccc2N(CC(=O)OCc2ccccc2)C1=O. The molecule has 0 fully saturated rings. The van der Waals surface area contributed by atoms with E-state index in [1.54, 1.807) is 26.8 Å². The number of hydrogen-bond acceptors (Lipinski definition) is 5. The van der Waals surface area contributed by atoms with Crippen LogP contribution in [0.2, 0.25) is 0 Å². The topological polar surface area (TPSA) is 84.9 Å². The molecule has 0 saturated heterocycles. The van der Waals surface area contributed by atoms with Crippen molar-refractivity contribution in [3.8, 4) is 0 Å². The number of anilines is 1. The zero-order chi connectivity index (χ0) is 22.4. The van der Waals surface area contributed by atoms with E-state index in [-0.39, 0.29) is 19.1 Å². The first-order chi connectivity index (χ1) is 14.7.